The zero-order valence-electron chi connectivity index (χ0n) is 15.7. The summed E-state index contributed by atoms with van der Waals surface area (Å²) in [6, 6.07) is 17.5. The van der Waals surface area contributed by atoms with Crippen LogP contribution >= 0.6 is 11.6 Å². The van der Waals surface area contributed by atoms with Gasteiger partial charge in [-0.2, -0.15) is 0 Å². The van der Waals surface area contributed by atoms with Crippen LogP contribution in [0.1, 0.15) is 5.56 Å². The van der Waals surface area contributed by atoms with E-state index in [0.29, 0.717) is 33.4 Å². The van der Waals surface area contributed by atoms with E-state index in [9.17, 15) is 14.0 Å². The van der Waals surface area contributed by atoms with Gasteiger partial charge in [0.2, 0.25) is 0 Å². The Morgan fingerprint density at radius 3 is 2.57 bits per heavy atom. The first-order chi connectivity index (χ1) is 14.5. The Bertz CT molecular complexity index is 1120. The molecule has 2 N–H and O–H groups in total. The molecule has 30 heavy (non-hydrogen) atoms. The standard InChI is InChI=1S/C22H17ClFN3O3/c23-15-5-3-6-16(10-15)25-22(29)26-17-8-9-20-19(11-17)27(21(28)13-30-20)12-14-4-1-2-7-18(14)24/h1-11H,12-13H2,(H2,25,26,29). The average Bonchev–Trinajstić information content (AvgIpc) is 2.71. The summed E-state index contributed by atoms with van der Waals surface area (Å²) < 4.78 is 19.6. The topological polar surface area (TPSA) is 70.7 Å². The first-order valence-corrected chi connectivity index (χ1v) is 9.51. The molecule has 0 spiro atoms. The lowest BCUT2D eigenvalue weighted by Gasteiger charge is -2.30. The van der Waals surface area contributed by atoms with Crippen LogP contribution in [0.5, 0.6) is 5.75 Å². The van der Waals surface area contributed by atoms with Crippen LogP contribution in [0.3, 0.4) is 0 Å². The van der Waals surface area contributed by atoms with E-state index in [1.807, 2.05) is 0 Å². The highest BCUT2D eigenvalue weighted by Crippen LogP contribution is 2.35. The van der Waals surface area contributed by atoms with Gasteiger partial charge in [-0.25, -0.2) is 9.18 Å². The van der Waals surface area contributed by atoms with Crippen molar-refractivity contribution in [3.63, 3.8) is 0 Å². The van der Waals surface area contributed by atoms with E-state index in [4.69, 9.17) is 16.3 Å². The number of nitrogens with one attached hydrogen (secondary N) is 2. The lowest BCUT2D eigenvalue weighted by molar-refractivity contribution is -0.121. The molecular weight excluding hydrogens is 409 g/mol. The van der Waals surface area contributed by atoms with Crippen LogP contribution in [0.15, 0.2) is 66.7 Å². The Labute approximate surface area is 177 Å². The van der Waals surface area contributed by atoms with Gasteiger partial charge in [0.1, 0.15) is 11.6 Å². The van der Waals surface area contributed by atoms with Crippen molar-refractivity contribution in [3.05, 3.63) is 83.1 Å². The predicted octanol–water partition coefficient (Wildman–Crippen LogP) is 5.05. The van der Waals surface area contributed by atoms with Gasteiger partial charge in [0.05, 0.1) is 12.2 Å². The van der Waals surface area contributed by atoms with E-state index in [2.05, 4.69) is 10.6 Å². The Morgan fingerprint density at radius 1 is 1.03 bits per heavy atom. The minimum atomic E-state index is -0.471. The van der Waals surface area contributed by atoms with Gasteiger partial charge >= 0.3 is 6.03 Å². The lowest BCUT2D eigenvalue weighted by atomic mass is 10.1. The summed E-state index contributed by atoms with van der Waals surface area (Å²) in [7, 11) is 0. The van der Waals surface area contributed by atoms with Gasteiger partial charge in [-0.3, -0.25) is 4.79 Å². The number of hydrogen-bond acceptors (Lipinski definition) is 3. The van der Waals surface area contributed by atoms with Crippen molar-refractivity contribution in [3.8, 4) is 5.75 Å². The molecule has 0 radical (unpaired) electrons. The fourth-order valence-electron chi connectivity index (χ4n) is 3.11. The highest BCUT2D eigenvalue weighted by atomic mass is 35.5. The predicted molar refractivity (Wildman–Crippen MR) is 114 cm³/mol. The molecule has 0 saturated heterocycles. The van der Waals surface area contributed by atoms with Crippen LogP contribution < -0.4 is 20.3 Å². The van der Waals surface area contributed by atoms with E-state index < -0.39 is 11.8 Å². The Kier molecular flexibility index (Phi) is 5.54. The first kappa shape index (κ1) is 19.7. The maximum atomic E-state index is 14.1. The molecule has 8 heteroatoms. The summed E-state index contributed by atoms with van der Waals surface area (Å²) in [5.74, 6) is -0.216. The molecule has 0 bridgehead atoms. The molecule has 0 aromatic heterocycles. The maximum Gasteiger partial charge on any atom is 0.323 e. The smallest absolute Gasteiger partial charge is 0.323 e. The Morgan fingerprint density at radius 2 is 1.80 bits per heavy atom. The zero-order chi connectivity index (χ0) is 21.1. The minimum Gasteiger partial charge on any atom is -0.482 e. The van der Waals surface area contributed by atoms with Crippen LogP contribution in [0.4, 0.5) is 26.2 Å². The van der Waals surface area contributed by atoms with Crippen molar-refractivity contribution in [1.29, 1.82) is 0 Å². The van der Waals surface area contributed by atoms with Gasteiger partial charge in [-0.1, -0.05) is 35.9 Å². The number of nitrogens with zero attached hydrogens (tertiary/aromatic N) is 1. The summed E-state index contributed by atoms with van der Waals surface area (Å²) >= 11 is 5.93. The number of ether oxygens (including phenoxy) is 1. The van der Waals surface area contributed by atoms with Crippen LogP contribution in [0.25, 0.3) is 0 Å². The maximum absolute atomic E-state index is 14.1. The molecule has 0 aliphatic carbocycles. The van der Waals surface area contributed by atoms with E-state index >= 15 is 0 Å². The fraction of sp³-hybridized carbons (Fsp3) is 0.0909. The van der Waals surface area contributed by atoms with Gasteiger partial charge in [0.15, 0.2) is 6.61 Å². The van der Waals surface area contributed by atoms with Crippen molar-refractivity contribution >= 4 is 40.6 Å². The average molecular weight is 426 g/mol. The zero-order valence-corrected chi connectivity index (χ0v) is 16.4. The van der Waals surface area contributed by atoms with E-state index in [-0.39, 0.29) is 19.1 Å². The molecule has 0 atom stereocenters. The number of carbonyl (C=O) groups excluding carboxylic acids is 2. The van der Waals surface area contributed by atoms with Crippen LogP contribution in [0, 0.1) is 5.82 Å². The van der Waals surface area contributed by atoms with Crippen molar-refractivity contribution in [2.45, 2.75) is 6.54 Å². The number of rotatable bonds is 4. The van der Waals surface area contributed by atoms with E-state index in [0.717, 1.165) is 0 Å². The normalized spacial score (nSPS) is 12.7. The molecule has 152 valence electrons. The number of amides is 3. The summed E-state index contributed by atoms with van der Waals surface area (Å²) in [6.07, 6.45) is 0. The molecule has 4 rings (SSSR count). The van der Waals surface area contributed by atoms with Gasteiger partial charge in [0.25, 0.3) is 5.91 Å². The second-order valence-corrected chi connectivity index (χ2v) is 7.07. The summed E-state index contributed by atoms with van der Waals surface area (Å²) in [5.41, 5.74) is 1.83. The van der Waals surface area contributed by atoms with Crippen LogP contribution in [-0.4, -0.2) is 18.5 Å². The van der Waals surface area contributed by atoms with E-state index in [1.54, 1.807) is 60.7 Å². The third-order valence-electron chi connectivity index (χ3n) is 4.53. The SMILES string of the molecule is O=C(Nc1cccc(Cl)c1)Nc1ccc2c(c1)N(Cc1ccccc1F)C(=O)CO2. The molecule has 1 heterocycles. The quantitative estimate of drug-likeness (QED) is 0.614. The van der Waals surface area contributed by atoms with Gasteiger partial charge in [0, 0.05) is 22.0 Å². The van der Waals surface area contributed by atoms with Crippen LogP contribution in [0.2, 0.25) is 5.02 Å². The second kappa shape index (κ2) is 8.42. The third-order valence-corrected chi connectivity index (χ3v) is 4.76. The number of urea groups is 1. The molecule has 3 amide bonds. The summed E-state index contributed by atoms with van der Waals surface area (Å²) in [6.45, 7) is -0.0798. The molecule has 0 saturated carbocycles. The minimum absolute atomic E-state index is 0.0556. The first-order valence-electron chi connectivity index (χ1n) is 9.14. The largest absolute Gasteiger partial charge is 0.482 e. The second-order valence-electron chi connectivity index (χ2n) is 6.63. The fourth-order valence-corrected chi connectivity index (χ4v) is 3.30. The van der Waals surface area contributed by atoms with Crippen molar-refractivity contribution in [1.82, 2.24) is 0 Å². The number of anilines is 3. The molecule has 0 fully saturated rings. The Balaban J connectivity index is 1.55. The summed E-state index contributed by atoms with van der Waals surface area (Å²) in [4.78, 5) is 26.2. The molecule has 1 aliphatic heterocycles. The van der Waals surface area contributed by atoms with Gasteiger partial charge < -0.3 is 20.3 Å². The Hall–Kier alpha value is -3.58. The number of benzene rings is 3. The number of halogens is 2. The molecule has 3 aromatic rings. The molecule has 6 nitrogen and oxygen atoms in total. The third kappa shape index (κ3) is 4.36. The highest BCUT2D eigenvalue weighted by Gasteiger charge is 2.27. The van der Waals surface area contributed by atoms with E-state index in [1.165, 1.54) is 11.0 Å². The lowest BCUT2D eigenvalue weighted by Crippen LogP contribution is -2.38. The molecule has 3 aromatic carbocycles. The summed E-state index contributed by atoms with van der Waals surface area (Å²) in [5, 5.41) is 5.89. The molecule has 1 aliphatic rings. The van der Waals surface area contributed by atoms with Crippen molar-refractivity contribution in [2.75, 3.05) is 22.1 Å². The van der Waals surface area contributed by atoms with Crippen molar-refractivity contribution < 1.29 is 18.7 Å². The monoisotopic (exact) mass is 425 g/mol. The van der Waals surface area contributed by atoms with Gasteiger partial charge in [-0.05, 0) is 42.5 Å². The van der Waals surface area contributed by atoms with Crippen LogP contribution in [-0.2, 0) is 11.3 Å². The molecular formula is C22H17ClFN3O3. The molecule has 0 unspecified atom stereocenters. The number of fused-ring (bicyclic) bond motifs is 1. The van der Waals surface area contributed by atoms with Crippen molar-refractivity contribution in [2.24, 2.45) is 0 Å². The number of carbonyl (C=O) groups is 2. The number of hydrogen-bond donors (Lipinski definition) is 2. The highest BCUT2D eigenvalue weighted by molar-refractivity contribution is 6.30. The van der Waals surface area contributed by atoms with Gasteiger partial charge in [-0.15, -0.1) is 0 Å².